The standard InChI is InChI=1S/C12H12O4S/c1-8-5-9-3-4-10(12(13)16-2)6-11(9)17(14,15)7-8/h3-6H,7H2,1-2H3. The molecular weight excluding hydrogens is 240 g/mol. The number of hydrogen-bond acceptors (Lipinski definition) is 4. The molecule has 5 heteroatoms. The van der Waals surface area contributed by atoms with Gasteiger partial charge in [0.2, 0.25) is 0 Å². The Morgan fingerprint density at radius 2 is 2.06 bits per heavy atom. The predicted octanol–water partition coefficient (Wildman–Crippen LogP) is 1.66. The van der Waals surface area contributed by atoms with E-state index in [1.54, 1.807) is 19.1 Å². The van der Waals surface area contributed by atoms with Crippen LogP contribution < -0.4 is 0 Å². The van der Waals surface area contributed by atoms with Crippen LogP contribution in [0.4, 0.5) is 0 Å². The lowest BCUT2D eigenvalue weighted by Gasteiger charge is -2.15. The van der Waals surface area contributed by atoms with E-state index in [2.05, 4.69) is 4.74 Å². The number of fused-ring (bicyclic) bond motifs is 1. The molecule has 0 atom stereocenters. The van der Waals surface area contributed by atoms with Crippen molar-refractivity contribution in [1.82, 2.24) is 0 Å². The van der Waals surface area contributed by atoms with Crippen molar-refractivity contribution < 1.29 is 17.9 Å². The Morgan fingerprint density at radius 3 is 2.71 bits per heavy atom. The summed E-state index contributed by atoms with van der Waals surface area (Å²) in [6.07, 6.45) is 1.82. The van der Waals surface area contributed by atoms with Crippen LogP contribution in [-0.4, -0.2) is 27.2 Å². The van der Waals surface area contributed by atoms with Crippen molar-refractivity contribution in [3.8, 4) is 0 Å². The fourth-order valence-electron chi connectivity index (χ4n) is 1.85. The van der Waals surface area contributed by atoms with Crippen molar-refractivity contribution in [3.63, 3.8) is 0 Å². The average Bonchev–Trinajstić information content (AvgIpc) is 2.26. The van der Waals surface area contributed by atoms with Crippen molar-refractivity contribution in [2.75, 3.05) is 12.9 Å². The highest BCUT2D eigenvalue weighted by Crippen LogP contribution is 2.27. The SMILES string of the molecule is COC(=O)c1ccc2c(c1)S(=O)(=O)CC(C)=C2. The summed E-state index contributed by atoms with van der Waals surface area (Å²) in [6.45, 7) is 1.77. The Kier molecular flexibility index (Phi) is 2.79. The third kappa shape index (κ3) is 2.10. The zero-order valence-corrected chi connectivity index (χ0v) is 10.4. The highest BCUT2D eigenvalue weighted by atomic mass is 32.2. The fraction of sp³-hybridized carbons (Fsp3) is 0.250. The Hall–Kier alpha value is -1.62. The summed E-state index contributed by atoms with van der Waals surface area (Å²) in [6, 6.07) is 4.57. The van der Waals surface area contributed by atoms with Gasteiger partial charge in [0, 0.05) is 0 Å². The molecule has 0 bridgehead atoms. The molecule has 90 valence electrons. The number of carbonyl (C=O) groups excluding carboxylic acids is 1. The summed E-state index contributed by atoms with van der Waals surface area (Å²) in [4.78, 5) is 11.5. The van der Waals surface area contributed by atoms with E-state index in [-0.39, 0.29) is 16.2 Å². The lowest BCUT2D eigenvalue weighted by Crippen LogP contribution is -2.14. The van der Waals surface area contributed by atoms with Crippen LogP contribution in [0.2, 0.25) is 0 Å². The van der Waals surface area contributed by atoms with E-state index in [1.807, 2.05) is 6.08 Å². The number of carbonyl (C=O) groups is 1. The van der Waals surface area contributed by atoms with Crippen LogP contribution in [0.5, 0.6) is 0 Å². The van der Waals surface area contributed by atoms with Gasteiger partial charge in [-0.1, -0.05) is 17.7 Å². The first kappa shape index (κ1) is 11.9. The topological polar surface area (TPSA) is 60.4 Å². The summed E-state index contributed by atoms with van der Waals surface area (Å²) in [7, 11) is -2.07. The number of benzene rings is 1. The maximum absolute atomic E-state index is 12.0. The molecular formula is C12H12O4S. The minimum absolute atomic E-state index is 0.00459. The van der Waals surface area contributed by atoms with Crippen LogP contribution >= 0.6 is 0 Å². The molecule has 0 radical (unpaired) electrons. The molecule has 1 aromatic carbocycles. The maximum Gasteiger partial charge on any atom is 0.337 e. The molecule has 17 heavy (non-hydrogen) atoms. The van der Waals surface area contributed by atoms with Crippen LogP contribution in [-0.2, 0) is 14.6 Å². The van der Waals surface area contributed by atoms with Gasteiger partial charge in [-0.15, -0.1) is 0 Å². The maximum atomic E-state index is 12.0. The molecule has 1 heterocycles. The molecule has 0 fully saturated rings. The Labute approximate surface area is 99.8 Å². The molecule has 2 rings (SSSR count). The third-order valence-electron chi connectivity index (χ3n) is 2.59. The lowest BCUT2D eigenvalue weighted by molar-refractivity contribution is 0.0600. The molecule has 0 aromatic heterocycles. The first-order valence-electron chi connectivity index (χ1n) is 5.06. The van der Waals surface area contributed by atoms with Crippen LogP contribution in [0, 0.1) is 0 Å². The minimum atomic E-state index is -3.33. The van der Waals surface area contributed by atoms with E-state index >= 15 is 0 Å². The molecule has 0 aliphatic carbocycles. The number of sulfone groups is 1. The van der Waals surface area contributed by atoms with Gasteiger partial charge in [-0.3, -0.25) is 0 Å². The Balaban J connectivity index is 2.63. The second kappa shape index (κ2) is 4.00. The molecule has 1 aliphatic rings. The third-order valence-corrected chi connectivity index (χ3v) is 4.45. The smallest absolute Gasteiger partial charge is 0.337 e. The second-order valence-electron chi connectivity index (χ2n) is 3.99. The molecule has 0 saturated carbocycles. The average molecular weight is 252 g/mol. The number of methoxy groups -OCH3 is 1. The van der Waals surface area contributed by atoms with E-state index in [1.165, 1.54) is 13.2 Å². The zero-order chi connectivity index (χ0) is 12.6. The van der Waals surface area contributed by atoms with Crippen molar-refractivity contribution in [1.29, 1.82) is 0 Å². The molecule has 0 saturated heterocycles. The molecule has 0 unspecified atom stereocenters. The second-order valence-corrected chi connectivity index (χ2v) is 5.95. The summed E-state index contributed by atoms with van der Waals surface area (Å²) in [5.74, 6) is -0.528. The number of rotatable bonds is 1. The van der Waals surface area contributed by atoms with Gasteiger partial charge in [0.15, 0.2) is 9.84 Å². The Morgan fingerprint density at radius 1 is 1.35 bits per heavy atom. The van der Waals surface area contributed by atoms with E-state index in [0.717, 1.165) is 5.57 Å². The van der Waals surface area contributed by atoms with Gasteiger partial charge in [0.25, 0.3) is 0 Å². The van der Waals surface area contributed by atoms with Gasteiger partial charge in [0.05, 0.1) is 23.3 Å². The summed E-state index contributed by atoms with van der Waals surface area (Å²) in [5, 5.41) is 0. The highest BCUT2D eigenvalue weighted by molar-refractivity contribution is 7.91. The number of ether oxygens (including phenoxy) is 1. The van der Waals surface area contributed by atoms with Gasteiger partial charge in [-0.2, -0.15) is 0 Å². The quantitative estimate of drug-likeness (QED) is 0.713. The summed E-state index contributed by atoms with van der Waals surface area (Å²) >= 11 is 0. The summed E-state index contributed by atoms with van der Waals surface area (Å²) in [5.41, 5.74) is 1.67. The first-order valence-corrected chi connectivity index (χ1v) is 6.71. The monoisotopic (exact) mass is 252 g/mol. The van der Waals surface area contributed by atoms with Crippen LogP contribution in [0.25, 0.3) is 6.08 Å². The van der Waals surface area contributed by atoms with E-state index in [0.29, 0.717) is 5.56 Å². The Bertz CT molecular complexity index is 611. The molecule has 1 aromatic rings. The van der Waals surface area contributed by atoms with Crippen molar-refractivity contribution in [3.05, 3.63) is 34.9 Å². The molecule has 0 N–H and O–H groups in total. The lowest BCUT2D eigenvalue weighted by atomic mass is 10.1. The number of hydrogen-bond donors (Lipinski definition) is 0. The predicted molar refractivity (Wildman–Crippen MR) is 63.5 cm³/mol. The van der Waals surface area contributed by atoms with E-state index < -0.39 is 15.8 Å². The first-order chi connectivity index (χ1) is 7.94. The van der Waals surface area contributed by atoms with Gasteiger partial charge >= 0.3 is 5.97 Å². The largest absolute Gasteiger partial charge is 0.465 e. The van der Waals surface area contributed by atoms with Gasteiger partial charge in [0.1, 0.15) is 0 Å². The normalized spacial score (nSPS) is 16.9. The van der Waals surface area contributed by atoms with Crippen LogP contribution in [0.1, 0.15) is 22.8 Å². The molecule has 1 aliphatic heterocycles. The highest BCUT2D eigenvalue weighted by Gasteiger charge is 2.24. The van der Waals surface area contributed by atoms with Crippen molar-refractivity contribution in [2.45, 2.75) is 11.8 Å². The minimum Gasteiger partial charge on any atom is -0.465 e. The van der Waals surface area contributed by atoms with Crippen LogP contribution in [0.3, 0.4) is 0 Å². The van der Waals surface area contributed by atoms with Crippen molar-refractivity contribution in [2.24, 2.45) is 0 Å². The van der Waals surface area contributed by atoms with E-state index in [9.17, 15) is 13.2 Å². The van der Waals surface area contributed by atoms with E-state index in [4.69, 9.17) is 0 Å². The fourth-order valence-corrected chi connectivity index (χ4v) is 3.48. The molecule has 0 amide bonds. The van der Waals surface area contributed by atoms with Gasteiger partial charge < -0.3 is 4.74 Å². The molecule has 0 spiro atoms. The zero-order valence-electron chi connectivity index (χ0n) is 9.56. The van der Waals surface area contributed by atoms with Gasteiger partial charge in [-0.05, 0) is 24.6 Å². The number of esters is 1. The van der Waals surface area contributed by atoms with Crippen LogP contribution in [0.15, 0.2) is 28.7 Å². The van der Waals surface area contributed by atoms with Crippen molar-refractivity contribution >= 4 is 21.9 Å². The van der Waals surface area contributed by atoms with Gasteiger partial charge in [-0.25, -0.2) is 13.2 Å². The summed E-state index contributed by atoms with van der Waals surface area (Å²) < 4.78 is 28.5. The molecule has 4 nitrogen and oxygen atoms in total.